The molecule has 27 heavy (non-hydrogen) atoms. The van der Waals surface area contributed by atoms with Crippen molar-refractivity contribution >= 4 is 5.82 Å². The van der Waals surface area contributed by atoms with E-state index in [1.54, 1.807) is 13.4 Å². The number of methoxy groups -OCH3 is 1. The van der Waals surface area contributed by atoms with Gasteiger partial charge in [0.25, 0.3) is 0 Å². The highest BCUT2D eigenvalue weighted by Gasteiger charge is 2.24. The molecule has 0 aliphatic carbocycles. The van der Waals surface area contributed by atoms with Crippen LogP contribution in [0.5, 0.6) is 0 Å². The summed E-state index contributed by atoms with van der Waals surface area (Å²) in [6.45, 7) is 5.60. The molecule has 4 rings (SSSR count). The van der Waals surface area contributed by atoms with Crippen LogP contribution in [0.1, 0.15) is 49.0 Å². The van der Waals surface area contributed by atoms with Crippen molar-refractivity contribution in [1.82, 2.24) is 25.0 Å². The Bertz CT molecular complexity index is 722. The van der Waals surface area contributed by atoms with Gasteiger partial charge in [-0.15, -0.1) is 0 Å². The average molecular weight is 372 g/mol. The molecule has 2 aliphatic heterocycles. The highest BCUT2D eigenvalue weighted by molar-refractivity contribution is 5.40. The van der Waals surface area contributed by atoms with Crippen molar-refractivity contribution < 1.29 is 9.26 Å². The van der Waals surface area contributed by atoms with Crippen LogP contribution < -0.4 is 4.90 Å². The van der Waals surface area contributed by atoms with Crippen LogP contribution in [-0.4, -0.2) is 64.9 Å². The maximum atomic E-state index is 5.36. The lowest BCUT2D eigenvalue weighted by Gasteiger charge is -2.30. The Balaban J connectivity index is 1.30. The third kappa shape index (κ3) is 4.62. The minimum Gasteiger partial charge on any atom is -0.384 e. The second-order valence-corrected chi connectivity index (χ2v) is 7.39. The Morgan fingerprint density at radius 3 is 2.74 bits per heavy atom. The Morgan fingerprint density at radius 2 is 1.96 bits per heavy atom. The zero-order valence-electron chi connectivity index (χ0n) is 16.0. The molecule has 2 fully saturated rings. The predicted molar refractivity (Wildman–Crippen MR) is 101 cm³/mol. The Morgan fingerprint density at radius 1 is 1.15 bits per heavy atom. The van der Waals surface area contributed by atoms with Gasteiger partial charge in [-0.1, -0.05) is 5.16 Å². The summed E-state index contributed by atoms with van der Waals surface area (Å²) >= 11 is 0. The fourth-order valence-electron chi connectivity index (χ4n) is 3.93. The molecule has 8 heteroatoms. The van der Waals surface area contributed by atoms with Gasteiger partial charge in [-0.05, 0) is 38.8 Å². The zero-order valence-corrected chi connectivity index (χ0v) is 16.0. The first-order valence-corrected chi connectivity index (χ1v) is 9.91. The van der Waals surface area contributed by atoms with Crippen molar-refractivity contribution in [1.29, 1.82) is 0 Å². The van der Waals surface area contributed by atoms with Gasteiger partial charge in [0.2, 0.25) is 5.89 Å². The Kier molecular flexibility index (Phi) is 5.94. The summed E-state index contributed by atoms with van der Waals surface area (Å²) in [5, 5.41) is 4.01. The number of aromatic nitrogens is 4. The molecule has 0 spiro atoms. The maximum absolute atomic E-state index is 5.36. The largest absolute Gasteiger partial charge is 0.384 e. The van der Waals surface area contributed by atoms with Gasteiger partial charge in [-0.25, -0.2) is 9.97 Å². The molecule has 8 nitrogen and oxygen atoms in total. The van der Waals surface area contributed by atoms with E-state index >= 15 is 0 Å². The number of ether oxygens (including phenoxy) is 1. The van der Waals surface area contributed by atoms with E-state index in [9.17, 15) is 0 Å². The molecule has 2 aromatic heterocycles. The normalized spacial score (nSPS) is 19.1. The summed E-state index contributed by atoms with van der Waals surface area (Å²) in [7, 11) is 1.68. The molecule has 2 aliphatic rings. The van der Waals surface area contributed by atoms with Gasteiger partial charge in [-0.2, -0.15) is 4.98 Å². The molecule has 0 N–H and O–H groups in total. The van der Waals surface area contributed by atoms with E-state index in [2.05, 4.69) is 36.0 Å². The van der Waals surface area contributed by atoms with Crippen LogP contribution in [0, 0.1) is 0 Å². The summed E-state index contributed by atoms with van der Waals surface area (Å²) in [5.41, 5.74) is 1.19. The van der Waals surface area contributed by atoms with E-state index in [0.717, 1.165) is 57.2 Å². The van der Waals surface area contributed by atoms with Gasteiger partial charge in [0.1, 0.15) is 12.1 Å². The smallest absolute Gasteiger partial charge is 0.240 e. The van der Waals surface area contributed by atoms with E-state index in [0.29, 0.717) is 24.8 Å². The first-order valence-electron chi connectivity index (χ1n) is 9.91. The van der Waals surface area contributed by atoms with E-state index < -0.39 is 0 Å². The van der Waals surface area contributed by atoms with Crippen molar-refractivity contribution in [3.63, 3.8) is 0 Å². The number of hydrogen-bond donors (Lipinski definition) is 0. The van der Waals surface area contributed by atoms with Gasteiger partial charge in [-0.3, -0.25) is 4.90 Å². The monoisotopic (exact) mass is 372 g/mol. The molecule has 0 amide bonds. The Labute approximate surface area is 159 Å². The van der Waals surface area contributed by atoms with Crippen molar-refractivity contribution in [2.24, 2.45) is 0 Å². The van der Waals surface area contributed by atoms with Crippen LogP contribution in [-0.2, 0) is 17.7 Å². The third-order valence-electron chi connectivity index (χ3n) is 5.51. The maximum Gasteiger partial charge on any atom is 0.240 e. The quantitative estimate of drug-likeness (QED) is 0.730. The summed E-state index contributed by atoms with van der Waals surface area (Å²) in [5.74, 6) is 3.01. The number of piperidine rings is 1. The molecule has 0 unspecified atom stereocenters. The summed E-state index contributed by atoms with van der Waals surface area (Å²) in [6, 6.07) is 2.20. The third-order valence-corrected chi connectivity index (χ3v) is 5.51. The van der Waals surface area contributed by atoms with Gasteiger partial charge in [0, 0.05) is 44.3 Å². The minimum absolute atomic E-state index is 0.505. The molecular weight excluding hydrogens is 344 g/mol. The predicted octanol–water partition coefficient (Wildman–Crippen LogP) is 2.03. The number of nitrogens with zero attached hydrogens (tertiary/aromatic N) is 6. The lowest BCUT2D eigenvalue weighted by Crippen LogP contribution is -2.33. The first kappa shape index (κ1) is 18.3. The fourth-order valence-corrected chi connectivity index (χ4v) is 3.93. The second kappa shape index (κ2) is 8.75. The zero-order chi connectivity index (χ0) is 18.5. The topological polar surface area (TPSA) is 80.4 Å². The average Bonchev–Trinajstić information content (AvgIpc) is 3.39. The number of rotatable bonds is 7. The molecule has 0 radical (unpaired) electrons. The van der Waals surface area contributed by atoms with Crippen molar-refractivity contribution in [3.8, 4) is 0 Å². The van der Waals surface area contributed by atoms with Crippen molar-refractivity contribution in [3.05, 3.63) is 29.8 Å². The molecule has 2 aromatic rings. The van der Waals surface area contributed by atoms with Gasteiger partial charge in [0.15, 0.2) is 5.82 Å². The van der Waals surface area contributed by atoms with E-state index in [1.165, 1.54) is 18.5 Å². The van der Waals surface area contributed by atoms with E-state index in [4.69, 9.17) is 9.26 Å². The van der Waals surface area contributed by atoms with Gasteiger partial charge >= 0.3 is 0 Å². The second-order valence-electron chi connectivity index (χ2n) is 7.39. The van der Waals surface area contributed by atoms with Crippen LogP contribution in [0.15, 0.2) is 16.9 Å². The number of hydrogen-bond acceptors (Lipinski definition) is 8. The van der Waals surface area contributed by atoms with Crippen molar-refractivity contribution in [2.45, 2.75) is 44.6 Å². The fraction of sp³-hybridized carbons (Fsp3) is 0.684. The highest BCUT2D eigenvalue weighted by atomic mass is 16.5. The lowest BCUT2D eigenvalue weighted by molar-refractivity contribution is 0.179. The molecule has 0 bridgehead atoms. The standard InChI is InChI=1S/C19H28N6O2/c1-26-11-6-17-22-19(27-23-17)13-24-9-4-15(5-10-24)16-12-18(21-14-20-16)25-7-2-3-8-25/h12,14-15H,2-11,13H2,1H3. The Hall–Kier alpha value is -2.06. The van der Waals surface area contributed by atoms with Crippen molar-refractivity contribution in [2.75, 3.05) is 44.8 Å². The van der Waals surface area contributed by atoms with Crippen LogP contribution >= 0.6 is 0 Å². The van der Waals surface area contributed by atoms with E-state index in [1.807, 2.05) is 0 Å². The first-order chi connectivity index (χ1) is 13.3. The van der Waals surface area contributed by atoms with Gasteiger partial charge < -0.3 is 14.2 Å². The van der Waals surface area contributed by atoms with Crippen LogP contribution in [0.25, 0.3) is 0 Å². The number of anilines is 1. The molecule has 0 aromatic carbocycles. The molecule has 146 valence electrons. The highest BCUT2D eigenvalue weighted by Crippen LogP contribution is 2.29. The molecule has 2 saturated heterocycles. The summed E-state index contributed by atoms with van der Waals surface area (Å²) < 4.78 is 10.4. The summed E-state index contributed by atoms with van der Waals surface area (Å²) in [6.07, 6.45) is 7.15. The number of likely N-dealkylation sites (tertiary alicyclic amines) is 1. The molecular formula is C19H28N6O2. The van der Waals surface area contributed by atoms with Crippen LogP contribution in [0.2, 0.25) is 0 Å². The van der Waals surface area contributed by atoms with Crippen LogP contribution in [0.4, 0.5) is 5.82 Å². The van der Waals surface area contributed by atoms with Gasteiger partial charge in [0.05, 0.1) is 13.2 Å². The molecule has 4 heterocycles. The molecule has 0 saturated carbocycles. The van der Waals surface area contributed by atoms with E-state index in [-0.39, 0.29) is 0 Å². The minimum atomic E-state index is 0.505. The SMILES string of the molecule is COCCc1noc(CN2CCC(c3cc(N4CCCC4)ncn3)CC2)n1. The van der Waals surface area contributed by atoms with Crippen LogP contribution in [0.3, 0.4) is 0 Å². The molecule has 0 atom stereocenters. The summed E-state index contributed by atoms with van der Waals surface area (Å²) in [4.78, 5) is 18.2. The lowest BCUT2D eigenvalue weighted by atomic mass is 9.93.